The number of carbonyl (C=O) groups is 1. The summed E-state index contributed by atoms with van der Waals surface area (Å²) in [5.41, 5.74) is 2.47. The van der Waals surface area contributed by atoms with Crippen LogP contribution in [0, 0.1) is 0 Å². The number of amides is 1. The molecule has 1 aliphatic carbocycles. The van der Waals surface area contributed by atoms with Gasteiger partial charge in [-0.05, 0) is 49.4 Å². The number of hydrogen-bond acceptors (Lipinski definition) is 5. The van der Waals surface area contributed by atoms with Crippen LogP contribution in [-0.2, 0) is 12.8 Å². The lowest BCUT2D eigenvalue weighted by molar-refractivity contribution is 0.103. The highest BCUT2D eigenvalue weighted by atomic mass is 32.1. The van der Waals surface area contributed by atoms with Crippen LogP contribution in [0.25, 0.3) is 0 Å². The third-order valence-electron chi connectivity index (χ3n) is 4.69. The zero-order valence-electron chi connectivity index (χ0n) is 13.7. The van der Waals surface area contributed by atoms with E-state index in [0.29, 0.717) is 5.82 Å². The van der Waals surface area contributed by atoms with Gasteiger partial charge in [0.1, 0.15) is 5.82 Å². The van der Waals surface area contributed by atoms with Gasteiger partial charge < -0.3 is 15.5 Å². The normalized spacial score (nSPS) is 17.4. The van der Waals surface area contributed by atoms with Gasteiger partial charge in [0.25, 0.3) is 5.91 Å². The molecule has 2 aromatic rings. The van der Waals surface area contributed by atoms with Crippen LogP contribution in [0.15, 0.2) is 24.4 Å². The van der Waals surface area contributed by atoms with Gasteiger partial charge in [-0.2, -0.15) is 0 Å². The number of anilines is 2. The highest BCUT2D eigenvalue weighted by Gasteiger charge is 2.18. The minimum atomic E-state index is -0.0446. The Bertz CT molecular complexity index is 696. The number of hydrogen-bond donors (Lipinski definition) is 2. The van der Waals surface area contributed by atoms with Crippen molar-refractivity contribution in [3.8, 4) is 0 Å². The minimum Gasteiger partial charge on any atom is -0.368 e. The Kier molecular flexibility index (Phi) is 4.49. The first-order chi connectivity index (χ1) is 11.8. The van der Waals surface area contributed by atoms with Crippen molar-refractivity contribution in [2.45, 2.75) is 25.7 Å². The summed E-state index contributed by atoms with van der Waals surface area (Å²) >= 11 is 1.63. The van der Waals surface area contributed by atoms with Gasteiger partial charge in [-0.1, -0.05) is 0 Å². The van der Waals surface area contributed by atoms with Gasteiger partial charge in [-0.3, -0.25) is 4.79 Å². The van der Waals surface area contributed by atoms with Crippen molar-refractivity contribution in [1.82, 2.24) is 10.3 Å². The lowest BCUT2D eigenvalue weighted by Gasteiger charge is -2.29. The molecule has 4 rings (SSSR count). The van der Waals surface area contributed by atoms with E-state index in [1.54, 1.807) is 11.3 Å². The molecule has 1 amide bonds. The Morgan fingerprint density at radius 3 is 2.79 bits per heavy atom. The van der Waals surface area contributed by atoms with Gasteiger partial charge >= 0.3 is 0 Å². The standard InChI is InChI=1S/C18H22N4OS/c23-18(16-11-13-3-1-2-4-15(13)24-16)21-17-6-5-14(12-20-17)22-9-7-19-8-10-22/h5-6,11-12,19H,1-4,7-10H2,(H,20,21,23). The van der Waals surface area contributed by atoms with Crippen molar-refractivity contribution >= 4 is 28.7 Å². The molecule has 0 aromatic carbocycles. The molecule has 5 nitrogen and oxygen atoms in total. The van der Waals surface area contributed by atoms with E-state index in [-0.39, 0.29) is 5.91 Å². The molecule has 2 N–H and O–H groups in total. The average Bonchev–Trinajstić information content (AvgIpc) is 3.07. The quantitative estimate of drug-likeness (QED) is 0.900. The predicted octanol–water partition coefficient (Wildman–Crippen LogP) is 2.68. The van der Waals surface area contributed by atoms with Crippen LogP contribution in [-0.4, -0.2) is 37.1 Å². The molecule has 0 spiro atoms. The van der Waals surface area contributed by atoms with Crippen LogP contribution in [0.1, 0.15) is 33.0 Å². The molecule has 0 unspecified atom stereocenters. The topological polar surface area (TPSA) is 57.3 Å². The molecule has 0 saturated carbocycles. The predicted molar refractivity (Wildman–Crippen MR) is 98.2 cm³/mol. The largest absolute Gasteiger partial charge is 0.368 e. The number of aryl methyl sites for hydroxylation is 2. The lowest BCUT2D eigenvalue weighted by atomic mass is 9.99. The van der Waals surface area contributed by atoms with Gasteiger partial charge in [-0.25, -0.2) is 4.98 Å². The molecule has 2 aromatic heterocycles. The number of pyridine rings is 1. The van der Waals surface area contributed by atoms with E-state index in [2.05, 4.69) is 26.6 Å². The third kappa shape index (κ3) is 3.30. The molecule has 126 valence electrons. The average molecular weight is 342 g/mol. The molecular formula is C18H22N4OS. The van der Waals surface area contributed by atoms with Crippen molar-refractivity contribution in [3.63, 3.8) is 0 Å². The van der Waals surface area contributed by atoms with Gasteiger partial charge in [0.15, 0.2) is 0 Å². The Morgan fingerprint density at radius 2 is 2.04 bits per heavy atom. The first-order valence-electron chi connectivity index (χ1n) is 8.64. The Balaban J connectivity index is 1.42. The Hall–Kier alpha value is -1.92. The third-order valence-corrected chi connectivity index (χ3v) is 5.93. The summed E-state index contributed by atoms with van der Waals surface area (Å²) in [6.07, 6.45) is 6.55. The summed E-state index contributed by atoms with van der Waals surface area (Å²) in [6.45, 7) is 3.99. The highest BCUT2D eigenvalue weighted by Crippen LogP contribution is 2.30. The number of nitrogens with one attached hydrogen (secondary N) is 2. The lowest BCUT2D eigenvalue weighted by Crippen LogP contribution is -2.43. The summed E-state index contributed by atoms with van der Waals surface area (Å²) in [5.74, 6) is 0.571. The number of piperazine rings is 1. The van der Waals surface area contributed by atoms with E-state index in [1.807, 2.05) is 18.3 Å². The zero-order valence-corrected chi connectivity index (χ0v) is 14.5. The van der Waals surface area contributed by atoms with E-state index in [4.69, 9.17) is 0 Å². The van der Waals surface area contributed by atoms with Gasteiger partial charge in [0.05, 0.1) is 16.8 Å². The minimum absolute atomic E-state index is 0.0446. The van der Waals surface area contributed by atoms with Crippen LogP contribution < -0.4 is 15.5 Å². The maximum absolute atomic E-state index is 12.5. The van der Waals surface area contributed by atoms with Crippen molar-refractivity contribution in [1.29, 1.82) is 0 Å². The SMILES string of the molecule is O=C(Nc1ccc(N2CCNCC2)cn1)c1cc2c(s1)CCCC2. The fourth-order valence-corrected chi connectivity index (χ4v) is 4.50. The van der Waals surface area contributed by atoms with Gasteiger partial charge in [0.2, 0.25) is 0 Å². The second-order valence-corrected chi connectivity index (χ2v) is 7.50. The molecule has 1 saturated heterocycles. The summed E-state index contributed by atoms with van der Waals surface area (Å²) in [6, 6.07) is 5.99. The van der Waals surface area contributed by atoms with E-state index in [1.165, 1.54) is 23.3 Å². The van der Waals surface area contributed by atoms with Crippen LogP contribution >= 0.6 is 11.3 Å². The van der Waals surface area contributed by atoms with E-state index in [0.717, 1.165) is 49.6 Å². The van der Waals surface area contributed by atoms with E-state index >= 15 is 0 Å². The van der Waals surface area contributed by atoms with Crippen LogP contribution in [0.5, 0.6) is 0 Å². The molecular weight excluding hydrogens is 320 g/mol. The van der Waals surface area contributed by atoms with Gasteiger partial charge in [0, 0.05) is 31.1 Å². The summed E-state index contributed by atoms with van der Waals surface area (Å²) in [4.78, 5) is 21.4. The maximum atomic E-state index is 12.5. The summed E-state index contributed by atoms with van der Waals surface area (Å²) < 4.78 is 0. The second kappa shape index (κ2) is 6.91. The molecule has 6 heteroatoms. The van der Waals surface area contributed by atoms with Crippen LogP contribution in [0.2, 0.25) is 0 Å². The first-order valence-corrected chi connectivity index (χ1v) is 9.46. The molecule has 0 bridgehead atoms. The van der Waals surface area contributed by atoms with E-state index in [9.17, 15) is 4.79 Å². The Labute approximate surface area is 146 Å². The number of nitrogens with zero attached hydrogens (tertiary/aromatic N) is 2. The van der Waals surface area contributed by atoms with Crippen molar-refractivity contribution in [3.05, 3.63) is 39.7 Å². The number of fused-ring (bicyclic) bond motifs is 1. The molecule has 1 aliphatic heterocycles. The number of thiophene rings is 1. The van der Waals surface area contributed by atoms with Crippen molar-refractivity contribution in [2.24, 2.45) is 0 Å². The zero-order chi connectivity index (χ0) is 16.4. The second-order valence-electron chi connectivity index (χ2n) is 6.36. The molecule has 1 fully saturated rings. The number of rotatable bonds is 3. The molecule has 0 atom stereocenters. The van der Waals surface area contributed by atoms with Crippen molar-refractivity contribution in [2.75, 3.05) is 36.4 Å². The van der Waals surface area contributed by atoms with Crippen LogP contribution in [0.3, 0.4) is 0 Å². The fraction of sp³-hybridized carbons (Fsp3) is 0.444. The molecule has 24 heavy (non-hydrogen) atoms. The number of aromatic nitrogens is 1. The molecule has 0 radical (unpaired) electrons. The summed E-state index contributed by atoms with van der Waals surface area (Å²) in [5, 5.41) is 6.27. The van der Waals surface area contributed by atoms with E-state index < -0.39 is 0 Å². The maximum Gasteiger partial charge on any atom is 0.266 e. The van der Waals surface area contributed by atoms with Crippen molar-refractivity contribution < 1.29 is 4.79 Å². The van der Waals surface area contributed by atoms with Gasteiger partial charge in [-0.15, -0.1) is 11.3 Å². The fourth-order valence-electron chi connectivity index (χ4n) is 3.35. The van der Waals surface area contributed by atoms with Crippen LogP contribution in [0.4, 0.5) is 11.5 Å². The molecule has 2 aliphatic rings. The number of carbonyl (C=O) groups excluding carboxylic acids is 1. The monoisotopic (exact) mass is 342 g/mol. The first kappa shape index (κ1) is 15.6. The summed E-state index contributed by atoms with van der Waals surface area (Å²) in [7, 11) is 0. The Morgan fingerprint density at radius 1 is 1.21 bits per heavy atom. The molecule has 3 heterocycles. The highest BCUT2D eigenvalue weighted by molar-refractivity contribution is 7.14. The smallest absolute Gasteiger partial charge is 0.266 e.